The Morgan fingerprint density at radius 2 is 2.18 bits per heavy atom. The molecule has 1 aromatic rings. The summed E-state index contributed by atoms with van der Waals surface area (Å²) < 4.78 is 5.28. The highest BCUT2D eigenvalue weighted by atomic mass is 16.6. The van der Waals surface area contributed by atoms with Crippen LogP contribution < -0.4 is 11.1 Å². The third-order valence-corrected chi connectivity index (χ3v) is 2.63. The van der Waals surface area contributed by atoms with Crippen molar-refractivity contribution < 1.29 is 9.53 Å². The van der Waals surface area contributed by atoms with E-state index in [1.807, 2.05) is 39.0 Å². The summed E-state index contributed by atoms with van der Waals surface area (Å²) in [5.41, 5.74) is 6.75. The fourth-order valence-electron chi connectivity index (χ4n) is 1.24. The van der Waals surface area contributed by atoms with E-state index in [4.69, 9.17) is 10.5 Å². The standard InChI is InChI=1S/C13H20N2O2/c1-4-13(2,3)17-12(16)15-11-7-5-6-10(8-11)9-14/h5-8H,4,9,14H2,1-3H3,(H,15,16). The normalized spacial score (nSPS) is 11.1. The van der Waals surface area contributed by atoms with Gasteiger partial charge in [0, 0.05) is 12.2 Å². The molecule has 0 saturated heterocycles. The topological polar surface area (TPSA) is 64.3 Å². The second kappa shape index (κ2) is 5.68. The van der Waals surface area contributed by atoms with E-state index in [1.54, 1.807) is 6.07 Å². The molecule has 0 aliphatic heterocycles. The van der Waals surface area contributed by atoms with Crippen molar-refractivity contribution in [2.75, 3.05) is 5.32 Å². The number of rotatable bonds is 4. The first-order valence-corrected chi connectivity index (χ1v) is 5.76. The number of anilines is 1. The van der Waals surface area contributed by atoms with Crippen LogP contribution in [0.3, 0.4) is 0 Å². The van der Waals surface area contributed by atoms with E-state index in [1.165, 1.54) is 0 Å². The van der Waals surface area contributed by atoms with Crippen molar-refractivity contribution in [1.29, 1.82) is 0 Å². The first-order chi connectivity index (χ1) is 7.96. The second-order valence-electron chi connectivity index (χ2n) is 4.53. The van der Waals surface area contributed by atoms with E-state index in [-0.39, 0.29) is 0 Å². The molecule has 0 aliphatic rings. The molecule has 0 saturated carbocycles. The molecule has 4 heteroatoms. The van der Waals surface area contributed by atoms with Gasteiger partial charge in [0.2, 0.25) is 0 Å². The summed E-state index contributed by atoms with van der Waals surface area (Å²) in [7, 11) is 0. The van der Waals surface area contributed by atoms with Crippen LogP contribution in [-0.2, 0) is 11.3 Å². The lowest BCUT2D eigenvalue weighted by Gasteiger charge is -2.23. The highest BCUT2D eigenvalue weighted by Crippen LogP contribution is 2.16. The zero-order valence-electron chi connectivity index (χ0n) is 10.6. The van der Waals surface area contributed by atoms with Gasteiger partial charge < -0.3 is 10.5 Å². The molecule has 17 heavy (non-hydrogen) atoms. The molecule has 1 rings (SSSR count). The second-order valence-corrected chi connectivity index (χ2v) is 4.53. The molecule has 94 valence electrons. The summed E-state index contributed by atoms with van der Waals surface area (Å²) in [5, 5.41) is 2.69. The highest BCUT2D eigenvalue weighted by molar-refractivity contribution is 5.84. The van der Waals surface area contributed by atoms with Gasteiger partial charge in [-0.05, 0) is 38.0 Å². The van der Waals surface area contributed by atoms with Crippen LogP contribution in [0.15, 0.2) is 24.3 Å². The monoisotopic (exact) mass is 236 g/mol. The number of ether oxygens (including phenoxy) is 1. The highest BCUT2D eigenvalue weighted by Gasteiger charge is 2.20. The summed E-state index contributed by atoms with van der Waals surface area (Å²) in [4.78, 5) is 11.6. The Bertz CT molecular complexity index is 389. The molecule has 0 aliphatic carbocycles. The van der Waals surface area contributed by atoms with E-state index >= 15 is 0 Å². The molecule has 0 heterocycles. The Kier molecular flexibility index (Phi) is 4.52. The Morgan fingerprint density at radius 3 is 2.76 bits per heavy atom. The lowest BCUT2D eigenvalue weighted by atomic mass is 10.1. The lowest BCUT2D eigenvalue weighted by molar-refractivity contribution is 0.0462. The third kappa shape index (κ3) is 4.44. The molecular weight excluding hydrogens is 216 g/mol. The fraction of sp³-hybridized carbons (Fsp3) is 0.462. The van der Waals surface area contributed by atoms with E-state index in [2.05, 4.69) is 5.32 Å². The summed E-state index contributed by atoms with van der Waals surface area (Å²) in [6.45, 7) is 6.18. The van der Waals surface area contributed by atoms with Gasteiger partial charge in [-0.3, -0.25) is 5.32 Å². The van der Waals surface area contributed by atoms with E-state index in [9.17, 15) is 4.79 Å². The average molecular weight is 236 g/mol. The van der Waals surface area contributed by atoms with Crippen molar-refractivity contribution in [3.63, 3.8) is 0 Å². The molecule has 0 atom stereocenters. The number of hydrogen-bond acceptors (Lipinski definition) is 3. The van der Waals surface area contributed by atoms with Crippen molar-refractivity contribution >= 4 is 11.8 Å². The van der Waals surface area contributed by atoms with Gasteiger partial charge in [-0.25, -0.2) is 4.79 Å². The molecule has 3 N–H and O–H groups in total. The smallest absolute Gasteiger partial charge is 0.412 e. The van der Waals surface area contributed by atoms with Crippen molar-refractivity contribution in [2.45, 2.75) is 39.3 Å². The fourth-order valence-corrected chi connectivity index (χ4v) is 1.24. The summed E-state index contributed by atoms with van der Waals surface area (Å²) in [6.07, 6.45) is 0.328. The van der Waals surface area contributed by atoms with Gasteiger partial charge in [0.1, 0.15) is 5.60 Å². The van der Waals surface area contributed by atoms with Crippen LogP contribution in [0.5, 0.6) is 0 Å². The summed E-state index contributed by atoms with van der Waals surface area (Å²) in [5.74, 6) is 0. The van der Waals surface area contributed by atoms with Crippen molar-refractivity contribution in [2.24, 2.45) is 5.73 Å². The van der Waals surface area contributed by atoms with E-state index in [0.717, 1.165) is 12.0 Å². The molecule has 0 unspecified atom stereocenters. The average Bonchev–Trinajstić information content (AvgIpc) is 2.28. The number of nitrogens with two attached hydrogens (primary N) is 1. The Labute approximate surface area is 102 Å². The lowest BCUT2D eigenvalue weighted by Crippen LogP contribution is -2.29. The van der Waals surface area contributed by atoms with Crippen LogP contribution in [-0.4, -0.2) is 11.7 Å². The third-order valence-electron chi connectivity index (χ3n) is 2.63. The van der Waals surface area contributed by atoms with Gasteiger partial charge in [0.25, 0.3) is 0 Å². The zero-order chi connectivity index (χ0) is 12.9. The SMILES string of the molecule is CCC(C)(C)OC(=O)Nc1cccc(CN)c1. The number of carbonyl (C=O) groups excluding carboxylic acids is 1. The number of nitrogens with one attached hydrogen (secondary N) is 1. The van der Waals surface area contributed by atoms with Gasteiger partial charge in [-0.2, -0.15) is 0 Å². The minimum atomic E-state index is -0.449. The predicted octanol–water partition coefficient (Wildman–Crippen LogP) is 2.88. The summed E-state index contributed by atoms with van der Waals surface area (Å²) >= 11 is 0. The Morgan fingerprint density at radius 1 is 1.47 bits per heavy atom. The molecule has 1 amide bonds. The zero-order valence-corrected chi connectivity index (χ0v) is 10.6. The number of benzene rings is 1. The first-order valence-electron chi connectivity index (χ1n) is 5.76. The van der Waals surface area contributed by atoms with Crippen LogP contribution in [0.4, 0.5) is 10.5 Å². The van der Waals surface area contributed by atoms with Crippen LogP contribution in [0, 0.1) is 0 Å². The van der Waals surface area contributed by atoms with Crippen LogP contribution in [0.25, 0.3) is 0 Å². The molecule has 0 radical (unpaired) electrons. The van der Waals surface area contributed by atoms with Gasteiger partial charge in [-0.15, -0.1) is 0 Å². The van der Waals surface area contributed by atoms with Crippen molar-refractivity contribution in [3.8, 4) is 0 Å². The van der Waals surface area contributed by atoms with Gasteiger partial charge in [0.15, 0.2) is 0 Å². The van der Waals surface area contributed by atoms with Crippen molar-refractivity contribution in [3.05, 3.63) is 29.8 Å². The maximum atomic E-state index is 11.6. The summed E-state index contributed by atoms with van der Waals surface area (Å²) in [6, 6.07) is 7.40. The van der Waals surface area contributed by atoms with E-state index < -0.39 is 11.7 Å². The minimum absolute atomic E-state index is 0.439. The van der Waals surface area contributed by atoms with E-state index in [0.29, 0.717) is 12.2 Å². The van der Waals surface area contributed by atoms with Crippen LogP contribution in [0.2, 0.25) is 0 Å². The number of hydrogen-bond donors (Lipinski definition) is 2. The molecule has 1 aromatic carbocycles. The van der Waals surface area contributed by atoms with Gasteiger partial charge in [-0.1, -0.05) is 19.1 Å². The van der Waals surface area contributed by atoms with Crippen molar-refractivity contribution in [1.82, 2.24) is 0 Å². The van der Waals surface area contributed by atoms with Crippen LogP contribution >= 0.6 is 0 Å². The molecule has 4 nitrogen and oxygen atoms in total. The molecular formula is C13H20N2O2. The Hall–Kier alpha value is -1.55. The molecule has 0 aromatic heterocycles. The molecule has 0 fully saturated rings. The maximum absolute atomic E-state index is 11.6. The first kappa shape index (κ1) is 13.5. The van der Waals surface area contributed by atoms with Crippen LogP contribution in [0.1, 0.15) is 32.8 Å². The molecule has 0 spiro atoms. The van der Waals surface area contributed by atoms with Gasteiger partial charge in [0.05, 0.1) is 0 Å². The van der Waals surface area contributed by atoms with Gasteiger partial charge >= 0.3 is 6.09 Å². The minimum Gasteiger partial charge on any atom is -0.443 e. The number of carbonyl (C=O) groups is 1. The largest absolute Gasteiger partial charge is 0.443 e. The quantitative estimate of drug-likeness (QED) is 0.844. The maximum Gasteiger partial charge on any atom is 0.412 e. The Balaban J connectivity index is 2.62. The number of amides is 1. The predicted molar refractivity (Wildman–Crippen MR) is 68.8 cm³/mol. The molecule has 0 bridgehead atoms.